The first-order chi connectivity index (χ1) is 7.74. The van der Waals surface area contributed by atoms with Crippen LogP contribution in [0.25, 0.3) is 0 Å². The van der Waals surface area contributed by atoms with Crippen molar-refractivity contribution in [3.05, 3.63) is 17.9 Å². The van der Waals surface area contributed by atoms with Crippen molar-refractivity contribution in [2.24, 2.45) is 0 Å². The lowest BCUT2D eigenvalue weighted by atomic mass is 10.1. The third-order valence-corrected chi connectivity index (χ3v) is 3.45. The number of hydrogen-bond acceptors (Lipinski definition) is 4. The van der Waals surface area contributed by atoms with Gasteiger partial charge in [-0.25, -0.2) is 13.1 Å². The zero-order valence-electron chi connectivity index (χ0n) is 10.7. The van der Waals surface area contributed by atoms with Gasteiger partial charge in [-0.1, -0.05) is 6.92 Å². The first kappa shape index (κ1) is 14.2. The van der Waals surface area contributed by atoms with Gasteiger partial charge in [-0.05, 0) is 32.9 Å². The van der Waals surface area contributed by atoms with Crippen LogP contribution in [0, 0.1) is 0 Å². The second-order valence-electron chi connectivity index (χ2n) is 4.83. The van der Waals surface area contributed by atoms with Gasteiger partial charge in [0.25, 0.3) is 10.0 Å². The van der Waals surface area contributed by atoms with Crippen molar-refractivity contribution in [2.45, 2.75) is 44.9 Å². The van der Waals surface area contributed by atoms with Crippen molar-refractivity contribution in [2.75, 3.05) is 6.54 Å². The average Bonchev–Trinajstić information content (AvgIpc) is 2.62. The van der Waals surface area contributed by atoms with Crippen LogP contribution in [-0.4, -0.2) is 20.5 Å². The highest BCUT2D eigenvalue weighted by Gasteiger charge is 2.18. The topological polar surface area (TPSA) is 71.3 Å². The van der Waals surface area contributed by atoms with E-state index in [0.29, 0.717) is 18.8 Å². The summed E-state index contributed by atoms with van der Waals surface area (Å²) in [5.74, 6) is 0.608. The molecule has 0 aliphatic rings. The Morgan fingerprint density at radius 3 is 2.47 bits per heavy atom. The zero-order valence-corrected chi connectivity index (χ0v) is 11.5. The van der Waals surface area contributed by atoms with Crippen molar-refractivity contribution >= 4 is 10.0 Å². The molecule has 0 aliphatic carbocycles. The number of hydrogen-bond donors (Lipinski definition) is 2. The third kappa shape index (κ3) is 4.49. The second-order valence-corrected chi connectivity index (χ2v) is 6.52. The van der Waals surface area contributed by atoms with Crippen molar-refractivity contribution in [1.82, 2.24) is 10.0 Å². The fraction of sp³-hybridized carbons (Fsp3) is 0.636. The minimum Gasteiger partial charge on any atom is -0.447 e. The average molecular weight is 260 g/mol. The van der Waals surface area contributed by atoms with Crippen LogP contribution in [0.5, 0.6) is 0 Å². The number of rotatable bonds is 5. The van der Waals surface area contributed by atoms with Crippen LogP contribution in [0.1, 0.15) is 33.5 Å². The van der Waals surface area contributed by atoms with E-state index in [1.807, 2.05) is 20.8 Å². The van der Waals surface area contributed by atoms with E-state index in [0.717, 1.165) is 0 Å². The largest absolute Gasteiger partial charge is 0.447 e. The maximum atomic E-state index is 11.6. The summed E-state index contributed by atoms with van der Waals surface area (Å²) in [6.45, 7) is 8.68. The molecule has 0 bridgehead atoms. The van der Waals surface area contributed by atoms with Gasteiger partial charge in [0.2, 0.25) is 5.09 Å². The molecule has 0 amide bonds. The minimum absolute atomic E-state index is 0.0342. The summed E-state index contributed by atoms with van der Waals surface area (Å²) in [7, 11) is -3.49. The van der Waals surface area contributed by atoms with E-state index in [2.05, 4.69) is 10.0 Å². The van der Waals surface area contributed by atoms with Crippen LogP contribution >= 0.6 is 0 Å². The van der Waals surface area contributed by atoms with Gasteiger partial charge in [-0.15, -0.1) is 0 Å². The number of sulfonamides is 1. The van der Waals surface area contributed by atoms with Crippen molar-refractivity contribution < 1.29 is 12.8 Å². The van der Waals surface area contributed by atoms with Gasteiger partial charge in [0, 0.05) is 12.1 Å². The highest BCUT2D eigenvalue weighted by Crippen LogP contribution is 2.14. The predicted octanol–water partition coefficient (Wildman–Crippen LogP) is 1.47. The molecule has 98 valence electrons. The van der Waals surface area contributed by atoms with E-state index < -0.39 is 10.0 Å². The van der Waals surface area contributed by atoms with Gasteiger partial charge in [0.05, 0.1) is 6.54 Å². The van der Waals surface area contributed by atoms with Crippen LogP contribution in [-0.2, 0) is 16.6 Å². The van der Waals surface area contributed by atoms with Gasteiger partial charge < -0.3 is 9.73 Å². The molecule has 0 saturated carbocycles. The van der Waals surface area contributed by atoms with Gasteiger partial charge in [-0.3, -0.25) is 0 Å². The summed E-state index contributed by atoms with van der Waals surface area (Å²) < 4.78 is 30.9. The van der Waals surface area contributed by atoms with E-state index in [1.165, 1.54) is 6.07 Å². The lowest BCUT2D eigenvalue weighted by molar-refractivity contribution is 0.359. The van der Waals surface area contributed by atoms with E-state index in [1.54, 1.807) is 13.0 Å². The number of nitrogens with one attached hydrogen (secondary N) is 2. The fourth-order valence-corrected chi connectivity index (χ4v) is 2.20. The lowest BCUT2D eigenvalue weighted by Crippen LogP contribution is -2.34. The van der Waals surface area contributed by atoms with E-state index in [9.17, 15) is 8.42 Å². The Morgan fingerprint density at radius 2 is 1.94 bits per heavy atom. The van der Waals surface area contributed by atoms with Crippen molar-refractivity contribution in [1.29, 1.82) is 0 Å². The van der Waals surface area contributed by atoms with Crippen molar-refractivity contribution in [3.63, 3.8) is 0 Å². The molecule has 0 aliphatic heterocycles. The van der Waals surface area contributed by atoms with Crippen LogP contribution < -0.4 is 10.0 Å². The molecular weight excluding hydrogens is 240 g/mol. The predicted molar refractivity (Wildman–Crippen MR) is 66.2 cm³/mol. The van der Waals surface area contributed by atoms with Crippen molar-refractivity contribution in [3.8, 4) is 0 Å². The summed E-state index contributed by atoms with van der Waals surface area (Å²) in [6, 6.07) is 3.14. The summed E-state index contributed by atoms with van der Waals surface area (Å²) >= 11 is 0. The SMILES string of the molecule is CCNS(=O)(=O)c1ccc(CNC(C)(C)C)o1. The van der Waals surface area contributed by atoms with Gasteiger partial charge in [0.1, 0.15) is 5.76 Å². The first-order valence-corrected chi connectivity index (χ1v) is 7.06. The standard InChI is InChI=1S/C11H20N2O3S/c1-5-13-17(14,15)10-7-6-9(16-10)8-12-11(2,3)4/h6-7,12-13H,5,8H2,1-4H3. The summed E-state index contributed by atoms with van der Waals surface area (Å²) in [5, 5.41) is 3.19. The molecule has 0 saturated heterocycles. The highest BCUT2D eigenvalue weighted by atomic mass is 32.2. The van der Waals surface area contributed by atoms with Crippen LogP contribution in [0.4, 0.5) is 0 Å². The monoisotopic (exact) mass is 260 g/mol. The van der Waals surface area contributed by atoms with E-state index in [-0.39, 0.29) is 10.6 Å². The summed E-state index contributed by atoms with van der Waals surface area (Å²) in [4.78, 5) is 0. The van der Waals surface area contributed by atoms with Crippen LogP contribution in [0.3, 0.4) is 0 Å². The molecule has 1 aromatic rings. The molecule has 1 aromatic heterocycles. The van der Waals surface area contributed by atoms with Gasteiger partial charge >= 0.3 is 0 Å². The molecule has 2 N–H and O–H groups in total. The Bertz CT molecular complexity index is 457. The molecule has 6 heteroatoms. The maximum Gasteiger partial charge on any atom is 0.273 e. The summed E-state index contributed by atoms with van der Waals surface area (Å²) in [6.07, 6.45) is 0. The lowest BCUT2D eigenvalue weighted by Gasteiger charge is -2.19. The molecule has 0 atom stereocenters. The van der Waals surface area contributed by atoms with E-state index in [4.69, 9.17) is 4.42 Å². The Hall–Kier alpha value is -0.850. The van der Waals surface area contributed by atoms with Gasteiger partial charge in [-0.2, -0.15) is 0 Å². The summed E-state index contributed by atoms with van der Waals surface area (Å²) in [5.41, 5.74) is -0.0342. The minimum atomic E-state index is -3.49. The van der Waals surface area contributed by atoms with Gasteiger partial charge in [0.15, 0.2) is 0 Å². The second kappa shape index (κ2) is 5.20. The Balaban J connectivity index is 2.72. The fourth-order valence-electron chi connectivity index (χ4n) is 1.21. The molecule has 0 spiro atoms. The molecular formula is C11H20N2O3S. The smallest absolute Gasteiger partial charge is 0.273 e. The van der Waals surface area contributed by atoms with Crippen LogP contribution in [0.2, 0.25) is 0 Å². The maximum absolute atomic E-state index is 11.6. The number of furan rings is 1. The molecule has 0 radical (unpaired) electrons. The molecule has 17 heavy (non-hydrogen) atoms. The molecule has 0 unspecified atom stereocenters. The molecule has 1 heterocycles. The zero-order chi connectivity index (χ0) is 13.1. The quantitative estimate of drug-likeness (QED) is 0.841. The van der Waals surface area contributed by atoms with Crippen LogP contribution in [0.15, 0.2) is 21.6 Å². The highest BCUT2D eigenvalue weighted by molar-refractivity contribution is 7.89. The molecule has 5 nitrogen and oxygen atoms in total. The normalized spacial score (nSPS) is 12.9. The Labute approximate surface area is 103 Å². The first-order valence-electron chi connectivity index (χ1n) is 5.58. The molecule has 0 aromatic carbocycles. The molecule has 0 fully saturated rings. The Morgan fingerprint density at radius 1 is 1.29 bits per heavy atom. The third-order valence-electron chi connectivity index (χ3n) is 2.03. The molecule has 1 rings (SSSR count). The van der Waals surface area contributed by atoms with E-state index >= 15 is 0 Å². The Kier molecular flexibility index (Phi) is 4.35.